The number of rotatable bonds is 2. The molecule has 0 saturated heterocycles. The van der Waals surface area contributed by atoms with Gasteiger partial charge in [0, 0.05) is 30.1 Å². The number of benzene rings is 2. The molecule has 2 aromatic carbocycles. The fraction of sp³-hybridized carbons (Fsp3) is 0.440. The van der Waals surface area contributed by atoms with Gasteiger partial charge in [0.15, 0.2) is 11.5 Å². The summed E-state index contributed by atoms with van der Waals surface area (Å²) in [5, 5.41) is 2.75. The molecule has 2 aliphatic heterocycles. The number of hydrogen-bond donors (Lipinski definition) is 1. The molecule has 1 fully saturated rings. The summed E-state index contributed by atoms with van der Waals surface area (Å²) in [5.74, 6) is 1.50. The highest BCUT2D eigenvalue weighted by Gasteiger charge is 2.46. The SMILES string of the molecule is CC(=O)Nc1ccc(C(=O)N2CC3(CCCC3)c3cc4c(cc3[C@@H]2C)OCCO4)cc1. The Morgan fingerprint density at radius 1 is 1.03 bits per heavy atom. The quantitative estimate of drug-likeness (QED) is 0.780. The molecule has 2 heterocycles. The summed E-state index contributed by atoms with van der Waals surface area (Å²) in [4.78, 5) is 26.9. The molecule has 6 heteroatoms. The molecule has 1 spiro atoms. The Morgan fingerprint density at radius 3 is 2.32 bits per heavy atom. The van der Waals surface area contributed by atoms with Gasteiger partial charge in [-0.3, -0.25) is 9.59 Å². The lowest BCUT2D eigenvalue weighted by Gasteiger charge is -2.46. The van der Waals surface area contributed by atoms with Gasteiger partial charge in [-0.2, -0.15) is 0 Å². The van der Waals surface area contributed by atoms with Gasteiger partial charge < -0.3 is 19.7 Å². The van der Waals surface area contributed by atoms with E-state index in [-0.39, 0.29) is 23.3 Å². The fourth-order valence-corrected chi connectivity index (χ4v) is 5.42. The van der Waals surface area contributed by atoms with Crippen molar-refractivity contribution in [1.29, 1.82) is 0 Å². The van der Waals surface area contributed by atoms with Crippen LogP contribution in [-0.4, -0.2) is 36.5 Å². The van der Waals surface area contributed by atoms with E-state index in [9.17, 15) is 9.59 Å². The van der Waals surface area contributed by atoms with Gasteiger partial charge in [0.05, 0.1) is 6.04 Å². The zero-order valence-corrected chi connectivity index (χ0v) is 18.1. The summed E-state index contributed by atoms with van der Waals surface area (Å²) in [7, 11) is 0. The predicted molar refractivity (Wildman–Crippen MR) is 118 cm³/mol. The number of carbonyl (C=O) groups is 2. The first-order valence-electron chi connectivity index (χ1n) is 11.1. The highest BCUT2D eigenvalue weighted by molar-refractivity contribution is 5.96. The molecule has 5 rings (SSSR count). The zero-order valence-electron chi connectivity index (χ0n) is 18.1. The Labute approximate surface area is 182 Å². The average Bonchev–Trinajstić information content (AvgIpc) is 3.24. The maximum Gasteiger partial charge on any atom is 0.254 e. The van der Waals surface area contributed by atoms with E-state index in [0.717, 1.165) is 24.3 Å². The van der Waals surface area contributed by atoms with Crippen molar-refractivity contribution in [3.05, 3.63) is 53.1 Å². The highest BCUT2D eigenvalue weighted by atomic mass is 16.6. The minimum Gasteiger partial charge on any atom is -0.486 e. The van der Waals surface area contributed by atoms with Crippen LogP contribution in [0.1, 0.15) is 67.1 Å². The first kappa shape index (κ1) is 19.9. The Morgan fingerprint density at radius 2 is 1.68 bits per heavy atom. The van der Waals surface area contributed by atoms with Gasteiger partial charge in [-0.1, -0.05) is 12.8 Å². The van der Waals surface area contributed by atoms with Crippen LogP contribution in [0.25, 0.3) is 0 Å². The van der Waals surface area contributed by atoms with Crippen molar-refractivity contribution in [3.8, 4) is 11.5 Å². The van der Waals surface area contributed by atoms with Crippen LogP contribution < -0.4 is 14.8 Å². The van der Waals surface area contributed by atoms with E-state index in [2.05, 4.69) is 24.4 Å². The van der Waals surface area contributed by atoms with Crippen molar-refractivity contribution in [2.75, 3.05) is 25.1 Å². The standard InChI is InChI=1S/C25H28N2O4/c1-16-20-13-22-23(31-12-11-30-22)14-21(20)25(9-3-4-10-25)15-27(16)24(29)18-5-7-19(8-6-18)26-17(2)28/h5-8,13-14,16H,3-4,9-12,15H2,1-2H3,(H,26,28)/t16-/m0/s1. The molecule has 0 unspecified atom stereocenters. The van der Waals surface area contributed by atoms with Gasteiger partial charge in [0.1, 0.15) is 13.2 Å². The molecule has 2 amide bonds. The van der Waals surface area contributed by atoms with Gasteiger partial charge in [-0.05, 0) is 67.3 Å². The molecule has 31 heavy (non-hydrogen) atoms. The Bertz CT molecular complexity index is 1020. The molecule has 6 nitrogen and oxygen atoms in total. The summed E-state index contributed by atoms with van der Waals surface area (Å²) < 4.78 is 11.7. The second kappa shape index (κ2) is 7.59. The first-order chi connectivity index (χ1) is 15.0. The number of nitrogens with one attached hydrogen (secondary N) is 1. The van der Waals surface area contributed by atoms with E-state index in [1.165, 1.54) is 30.9 Å². The fourth-order valence-electron chi connectivity index (χ4n) is 5.42. The van der Waals surface area contributed by atoms with Crippen LogP contribution in [-0.2, 0) is 10.2 Å². The third-order valence-corrected chi connectivity index (χ3v) is 6.95. The summed E-state index contributed by atoms with van der Waals surface area (Å²) in [6.45, 7) is 5.41. The second-order valence-corrected chi connectivity index (χ2v) is 8.94. The van der Waals surface area contributed by atoms with E-state index in [1.54, 1.807) is 24.3 Å². The van der Waals surface area contributed by atoms with Crippen LogP contribution in [0.2, 0.25) is 0 Å². The lowest BCUT2D eigenvalue weighted by Crippen LogP contribution is -2.48. The highest BCUT2D eigenvalue weighted by Crippen LogP contribution is 2.52. The Hall–Kier alpha value is -3.02. The molecule has 0 radical (unpaired) electrons. The molecular formula is C25H28N2O4. The Kier molecular flexibility index (Phi) is 4.88. The summed E-state index contributed by atoms with van der Waals surface area (Å²) >= 11 is 0. The number of ether oxygens (including phenoxy) is 2. The smallest absolute Gasteiger partial charge is 0.254 e. The van der Waals surface area contributed by atoms with Crippen LogP contribution >= 0.6 is 0 Å². The molecule has 1 saturated carbocycles. The Balaban J connectivity index is 1.51. The minimum atomic E-state index is -0.127. The minimum absolute atomic E-state index is 0.0219. The number of amides is 2. The molecule has 2 aromatic rings. The summed E-state index contributed by atoms with van der Waals surface area (Å²) in [5.41, 5.74) is 3.79. The largest absolute Gasteiger partial charge is 0.486 e. The van der Waals surface area contributed by atoms with E-state index < -0.39 is 0 Å². The molecule has 3 aliphatic rings. The maximum absolute atomic E-state index is 13.6. The lowest BCUT2D eigenvalue weighted by atomic mass is 9.71. The van der Waals surface area contributed by atoms with Crippen molar-refractivity contribution in [2.45, 2.75) is 51.0 Å². The van der Waals surface area contributed by atoms with Crippen molar-refractivity contribution in [2.24, 2.45) is 0 Å². The molecule has 162 valence electrons. The first-order valence-corrected chi connectivity index (χ1v) is 11.1. The predicted octanol–water partition coefficient (Wildman–Crippen LogP) is 4.45. The van der Waals surface area contributed by atoms with Gasteiger partial charge in [0.2, 0.25) is 5.91 Å². The number of hydrogen-bond acceptors (Lipinski definition) is 4. The summed E-state index contributed by atoms with van der Waals surface area (Å²) in [6.07, 6.45) is 4.51. The molecule has 1 atom stereocenters. The van der Waals surface area contributed by atoms with Crippen molar-refractivity contribution >= 4 is 17.5 Å². The van der Waals surface area contributed by atoms with Gasteiger partial charge in [-0.15, -0.1) is 0 Å². The summed E-state index contributed by atoms with van der Waals surface area (Å²) in [6, 6.07) is 11.4. The third-order valence-electron chi connectivity index (χ3n) is 6.95. The number of anilines is 1. The van der Waals surface area contributed by atoms with Gasteiger partial charge in [-0.25, -0.2) is 0 Å². The number of fused-ring (bicyclic) bond motifs is 3. The van der Waals surface area contributed by atoms with Crippen LogP contribution in [0, 0.1) is 0 Å². The number of carbonyl (C=O) groups excluding carboxylic acids is 2. The van der Waals surface area contributed by atoms with Gasteiger partial charge in [0.25, 0.3) is 5.91 Å². The topological polar surface area (TPSA) is 67.9 Å². The molecule has 0 bridgehead atoms. The lowest BCUT2D eigenvalue weighted by molar-refractivity contribution is -0.114. The monoisotopic (exact) mass is 420 g/mol. The molecule has 1 aliphatic carbocycles. The third kappa shape index (κ3) is 3.44. The van der Waals surface area contributed by atoms with Crippen molar-refractivity contribution < 1.29 is 19.1 Å². The van der Waals surface area contributed by atoms with Crippen molar-refractivity contribution in [3.63, 3.8) is 0 Å². The van der Waals surface area contributed by atoms with E-state index in [4.69, 9.17) is 9.47 Å². The normalized spacial score (nSPS) is 21.0. The van der Waals surface area contributed by atoms with Crippen LogP contribution in [0.3, 0.4) is 0 Å². The van der Waals surface area contributed by atoms with Crippen LogP contribution in [0.15, 0.2) is 36.4 Å². The van der Waals surface area contributed by atoms with Crippen LogP contribution in [0.4, 0.5) is 5.69 Å². The van der Waals surface area contributed by atoms with Crippen molar-refractivity contribution in [1.82, 2.24) is 4.90 Å². The molecular weight excluding hydrogens is 392 g/mol. The van der Waals surface area contributed by atoms with Crippen LogP contribution in [0.5, 0.6) is 11.5 Å². The second-order valence-electron chi connectivity index (χ2n) is 8.94. The van der Waals surface area contributed by atoms with E-state index in [1.807, 2.05) is 4.90 Å². The van der Waals surface area contributed by atoms with Gasteiger partial charge >= 0.3 is 0 Å². The average molecular weight is 421 g/mol. The number of nitrogens with zero attached hydrogens (tertiary/aromatic N) is 1. The molecule has 1 N–H and O–H groups in total. The zero-order chi connectivity index (χ0) is 21.6. The maximum atomic E-state index is 13.6. The van der Waals surface area contributed by atoms with E-state index in [0.29, 0.717) is 31.0 Å². The van der Waals surface area contributed by atoms with E-state index >= 15 is 0 Å². The molecule has 0 aromatic heterocycles.